The van der Waals surface area contributed by atoms with Gasteiger partial charge in [0.25, 0.3) is 0 Å². The first-order valence-corrected chi connectivity index (χ1v) is 4.81. The van der Waals surface area contributed by atoms with E-state index in [1.807, 2.05) is 30.3 Å². The van der Waals surface area contributed by atoms with Gasteiger partial charge in [0.2, 0.25) is 0 Å². The predicted molar refractivity (Wildman–Crippen MR) is 56.0 cm³/mol. The molecule has 0 saturated carbocycles. The fourth-order valence-corrected chi connectivity index (χ4v) is 1.28. The number of rotatable bonds is 6. The minimum absolute atomic E-state index is 0.00366. The maximum absolute atomic E-state index is 8.50. The Bertz CT molecular complexity index is 238. The van der Waals surface area contributed by atoms with Crippen LogP contribution in [0.3, 0.4) is 0 Å². The monoisotopic (exact) mass is 195 g/mol. The van der Waals surface area contributed by atoms with E-state index < -0.39 is 0 Å². The van der Waals surface area contributed by atoms with Gasteiger partial charge in [-0.05, 0) is 12.0 Å². The summed E-state index contributed by atoms with van der Waals surface area (Å²) in [5, 5.41) is 8.50. The molecule has 0 radical (unpaired) electrons. The van der Waals surface area contributed by atoms with Crippen molar-refractivity contribution in [3.05, 3.63) is 35.9 Å². The molecule has 0 bridgehead atoms. The van der Waals surface area contributed by atoms with Crippen molar-refractivity contribution in [1.29, 1.82) is 0 Å². The predicted octanol–water partition coefficient (Wildman–Crippen LogP) is 0.565. The van der Waals surface area contributed by atoms with Gasteiger partial charge in [-0.2, -0.15) is 0 Å². The molecule has 0 amide bonds. The van der Waals surface area contributed by atoms with E-state index in [1.165, 1.54) is 5.56 Å². The lowest BCUT2D eigenvalue weighted by molar-refractivity contribution is 0.0832. The zero-order valence-electron chi connectivity index (χ0n) is 8.23. The average molecular weight is 195 g/mol. The third-order valence-electron chi connectivity index (χ3n) is 1.91. The SMILES string of the molecule is N[C@H](COCCO)Cc1ccccc1. The van der Waals surface area contributed by atoms with E-state index in [4.69, 9.17) is 15.6 Å². The fraction of sp³-hybridized carbons (Fsp3) is 0.455. The van der Waals surface area contributed by atoms with Crippen molar-refractivity contribution < 1.29 is 9.84 Å². The van der Waals surface area contributed by atoms with Gasteiger partial charge in [0.05, 0.1) is 19.8 Å². The standard InChI is InChI=1S/C11H17NO2/c12-11(9-14-7-6-13)8-10-4-2-1-3-5-10/h1-5,11,13H,6-9,12H2/t11-/m0/s1. The number of benzene rings is 1. The Kier molecular flexibility index (Phi) is 5.22. The number of aliphatic hydroxyl groups excluding tert-OH is 1. The molecule has 1 atom stereocenters. The molecule has 0 aliphatic carbocycles. The molecule has 0 spiro atoms. The second-order valence-electron chi connectivity index (χ2n) is 3.25. The van der Waals surface area contributed by atoms with Crippen LogP contribution in [0.5, 0.6) is 0 Å². The van der Waals surface area contributed by atoms with Crippen molar-refractivity contribution in [1.82, 2.24) is 0 Å². The number of hydrogen-bond donors (Lipinski definition) is 2. The van der Waals surface area contributed by atoms with Crippen molar-refractivity contribution in [3.63, 3.8) is 0 Å². The van der Waals surface area contributed by atoms with Crippen LogP contribution >= 0.6 is 0 Å². The maximum Gasteiger partial charge on any atom is 0.0698 e. The van der Waals surface area contributed by atoms with E-state index in [1.54, 1.807) is 0 Å². The van der Waals surface area contributed by atoms with Crippen LogP contribution in [-0.2, 0) is 11.2 Å². The van der Waals surface area contributed by atoms with Crippen molar-refractivity contribution in [3.8, 4) is 0 Å². The van der Waals surface area contributed by atoms with Crippen LogP contribution in [-0.4, -0.2) is 31.0 Å². The normalized spacial score (nSPS) is 12.7. The van der Waals surface area contributed by atoms with Crippen LogP contribution in [0.4, 0.5) is 0 Å². The highest BCUT2D eigenvalue weighted by molar-refractivity contribution is 5.15. The quantitative estimate of drug-likeness (QED) is 0.652. The lowest BCUT2D eigenvalue weighted by Crippen LogP contribution is -2.29. The van der Waals surface area contributed by atoms with Gasteiger partial charge in [-0.3, -0.25) is 0 Å². The molecule has 0 aromatic heterocycles. The Balaban J connectivity index is 2.23. The Labute approximate surface area is 84.5 Å². The minimum Gasteiger partial charge on any atom is -0.394 e. The molecular formula is C11H17NO2. The summed E-state index contributed by atoms with van der Waals surface area (Å²) in [6.07, 6.45) is 0.812. The number of ether oxygens (including phenoxy) is 1. The van der Waals surface area contributed by atoms with Crippen LogP contribution in [0.25, 0.3) is 0 Å². The molecule has 3 nitrogen and oxygen atoms in total. The Morgan fingerprint density at radius 1 is 1.29 bits per heavy atom. The van der Waals surface area contributed by atoms with Crippen LogP contribution in [0.1, 0.15) is 5.56 Å². The summed E-state index contributed by atoms with van der Waals surface area (Å²) in [5.74, 6) is 0. The van der Waals surface area contributed by atoms with Crippen LogP contribution in [0, 0.1) is 0 Å². The molecular weight excluding hydrogens is 178 g/mol. The number of hydrogen-bond acceptors (Lipinski definition) is 3. The molecule has 0 fully saturated rings. The molecule has 0 aliphatic heterocycles. The molecule has 0 unspecified atom stereocenters. The van der Waals surface area contributed by atoms with E-state index >= 15 is 0 Å². The van der Waals surface area contributed by atoms with Crippen LogP contribution in [0.2, 0.25) is 0 Å². The topological polar surface area (TPSA) is 55.5 Å². The second kappa shape index (κ2) is 6.54. The molecule has 0 aliphatic rings. The van der Waals surface area contributed by atoms with Crippen molar-refractivity contribution in [2.24, 2.45) is 5.73 Å². The van der Waals surface area contributed by atoms with E-state index in [2.05, 4.69) is 0 Å². The smallest absolute Gasteiger partial charge is 0.0698 e. The Morgan fingerprint density at radius 2 is 2.00 bits per heavy atom. The zero-order chi connectivity index (χ0) is 10.2. The second-order valence-corrected chi connectivity index (χ2v) is 3.25. The number of aliphatic hydroxyl groups is 1. The van der Waals surface area contributed by atoms with Crippen molar-refractivity contribution in [2.75, 3.05) is 19.8 Å². The molecule has 14 heavy (non-hydrogen) atoms. The van der Waals surface area contributed by atoms with Gasteiger partial charge in [-0.25, -0.2) is 0 Å². The van der Waals surface area contributed by atoms with Gasteiger partial charge < -0.3 is 15.6 Å². The molecule has 78 valence electrons. The summed E-state index contributed by atoms with van der Waals surface area (Å²) >= 11 is 0. The van der Waals surface area contributed by atoms with Gasteiger partial charge in [0.1, 0.15) is 0 Å². The highest BCUT2D eigenvalue weighted by Gasteiger charge is 2.03. The van der Waals surface area contributed by atoms with Crippen molar-refractivity contribution >= 4 is 0 Å². The first kappa shape index (κ1) is 11.2. The lowest BCUT2D eigenvalue weighted by Gasteiger charge is -2.11. The summed E-state index contributed by atoms with van der Waals surface area (Å²) in [4.78, 5) is 0. The van der Waals surface area contributed by atoms with Crippen molar-refractivity contribution in [2.45, 2.75) is 12.5 Å². The fourth-order valence-electron chi connectivity index (χ4n) is 1.28. The summed E-state index contributed by atoms with van der Waals surface area (Å²) in [7, 11) is 0. The highest BCUT2D eigenvalue weighted by atomic mass is 16.5. The molecule has 1 rings (SSSR count). The van der Waals surface area contributed by atoms with E-state index in [-0.39, 0.29) is 12.6 Å². The minimum atomic E-state index is 0.00366. The van der Waals surface area contributed by atoms with E-state index in [0.29, 0.717) is 13.2 Å². The van der Waals surface area contributed by atoms with Gasteiger partial charge in [0.15, 0.2) is 0 Å². The third-order valence-corrected chi connectivity index (χ3v) is 1.91. The van der Waals surface area contributed by atoms with Gasteiger partial charge in [-0.15, -0.1) is 0 Å². The Morgan fingerprint density at radius 3 is 2.64 bits per heavy atom. The molecule has 0 heterocycles. The maximum atomic E-state index is 8.50. The highest BCUT2D eigenvalue weighted by Crippen LogP contribution is 2.01. The first-order chi connectivity index (χ1) is 6.83. The van der Waals surface area contributed by atoms with Crippen LogP contribution < -0.4 is 5.73 Å². The van der Waals surface area contributed by atoms with E-state index in [0.717, 1.165) is 6.42 Å². The van der Waals surface area contributed by atoms with Gasteiger partial charge >= 0.3 is 0 Å². The van der Waals surface area contributed by atoms with Gasteiger partial charge in [-0.1, -0.05) is 30.3 Å². The lowest BCUT2D eigenvalue weighted by atomic mass is 10.1. The number of nitrogens with two attached hydrogens (primary N) is 1. The van der Waals surface area contributed by atoms with E-state index in [9.17, 15) is 0 Å². The molecule has 3 heteroatoms. The summed E-state index contributed by atoms with van der Waals surface area (Å²) in [6.45, 7) is 0.913. The average Bonchev–Trinajstić information content (AvgIpc) is 2.20. The molecule has 1 aromatic carbocycles. The molecule has 3 N–H and O–H groups in total. The first-order valence-electron chi connectivity index (χ1n) is 4.81. The van der Waals surface area contributed by atoms with Gasteiger partial charge in [0, 0.05) is 6.04 Å². The zero-order valence-corrected chi connectivity index (χ0v) is 8.23. The largest absolute Gasteiger partial charge is 0.394 e. The summed E-state index contributed by atoms with van der Waals surface area (Å²) in [5.41, 5.74) is 7.06. The summed E-state index contributed by atoms with van der Waals surface area (Å²) in [6, 6.07) is 10.1. The molecule has 0 saturated heterocycles. The van der Waals surface area contributed by atoms with Crippen LogP contribution in [0.15, 0.2) is 30.3 Å². The summed E-state index contributed by atoms with van der Waals surface area (Å²) < 4.78 is 5.14. The molecule has 1 aromatic rings. The Hall–Kier alpha value is -0.900. The third kappa shape index (κ3) is 4.37.